The van der Waals surface area contributed by atoms with E-state index in [1.54, 1.807) is 59.5 Å². The molecule has 0 bridgehead atoms. The van der Waals surface area contributed by atoms with E-state index >= 15 is 0 Å². The average Bonchev–Trinajstić information content (AvgIpc) is 3.35. The number of ketones is 1. The van der Waals surface area contributed by atoms with Crippen LogP contribution in [0, 0.1) is 0 Å². The minimum absolute atomic E-state index is 0.158. The first-order chi connectivity index (χ1) is 19.5. The second-order valence-electron chi connectivity index (χ2n) is 9.50. The Morgan fingerprint density at radius 1 is 1.05 bits per heavy atom. The SMILES string of the molecule is NC(=O)c1cc2cc(Cl)ccc2cc1OCC(=O)c1nn(C2CCCCO2)c2cc(Oc3cccnc3)ccc12. The topological polar surface area (TPSA) is 119 Å². The summed E-state index contributed by atoms with van der Waals surface area (Å²) in [4.78, 5) is 29.7. The third-order valence-electron chi connectivity index (χ3n) is 6.77. The number of carbonyl (C=O) groups is 2. The van der Waals surface area contributed by atoms with Crippen molar-refractivity contribution in [3.05, 3.63) is 89.3 Å². The number of Topliss-reactive ketones (excluding diaryl/α,β-unsaturated/α-hetero) is 1. The molecule has 6 rings (SSSR count). The molecule has 0 saturated carbocycles. The van der Waals surface area contributed by atoms with Gasteiger partial charge in [-0.05, 0) is 78.6 Å². The van der Waals surface area contributed by atoms with Crippen molar-refractivity contribution < 1.29 is 23.8 Å². The van der Waals surface area contributed by atoms with Crippen LogP contribution in [0.15, 0.2) is 73.1 Å². The number of halogens is 1. The van der Waals surface area contributed by atoms with Crippen molar-refractivity contribution in [2.75, 3.05) is 13.2 Å². The molecule has 1 atom stereocenters. The van der Waals surface area contributed by atoms with Crippen molar-refractivity contribution in [2.24, 2.45) is 5.73 Å². The summed E-state index contributed by atoms with van der Waals surface area (Å²) < 4.78 is 19.6. The molecule has 1 fully saturated rings. The molecule has 3 heterocycles. The molecule has 3 aromatic carbocycles. The van der Waals surface area contributed by atoms with E-state index in [1.807, 2.05) is 18.2 Å². The van der Waals surface area contributed by atoms with Gasteiger partial charge >= 0.3 is 0 Å². The second-order valence-corrected chi connectivity index (χ2v) is 9.94. The number of nitrogens with two attached hydrogens (primary N) is 1. The number of ether oxygens (including phenoxy) is 3. The summed E-state index contributed by atoms with van der Waals surface area (Å²) >= 11 is 6.10. The Kier molecular flexibility index (Phi) is 7.06. The summed E-state index contributed by atoms with van der Waals surface area (Å²) in [7, 11) is 0. The molecule has 2 aromatic heterocycles. The molecule has 2 N–H and O–H groups in total. The summed E-state index contributed by atoms with van der Waals surface area (Å²) in [5.41, 5.74) is 6.71. The largest absolute Gasteiger partial charge is 0.485 e. The molecular weight excluding hydrogens is 532 g/mol. The first-order valence-electron chi connectivity index (χ1n) is 12.9. The number of amides is 1. The van der Waals surface area contributed by atoms with Crippen molar-refractivity contribution >= 4 is 45.0 Å². The number of nitrogens with zero attached hydrogens (tertiary/aromatic N) is 3. The molecule has 10 heteroatoms. The minimum Gasteiger partial charge on any atom is -0.485 e. The predicted molar refractivity (Wildman–Crippen MR) is 150 cm³/mol. The number of pyridine rings is 1. The lowest BCUT2D eigenvalue weighted by Gasteiger charge is -2.23. The van der Waals surface area contributed by atoms with Crippen LogP contribution < -0.4 is 15.2 Å². The predicted octanol–water partition coefficient (Wildman–Crippen LogP) is 6.09. The van der Waals surface area contributed by atoms with Gasteiger partial charge in [0, 0.05) is 29.3 Å². The van der Waals surface area contributed by atoms with Gasteiger partial charge in [0.1, 0.15) is 22.9 Å². The van der Waals surface area contributed by atoms with E-state index < -0.39 is 5.91 Å². The van der Waals surface area contributed by atoms with Crippen LogP contribution >= 0.6 is 11.6 Å². The quantitative estimate of drug-likeness (QED) is 0.230. The molecular formula is C30H25ClN4O5. The van der Waals surface area contributed by atoms with Gasteiger partial charge in [0.25, 0.3) is 5.91 Å². The third-order valence-corrected chi connectivity index (χ3v) is 7.00. The Morgan fingerprint density at radius 3 is 2.73 bits per heavy atom. The van der Waals surface area contributed by atoms with Crippen molar-refractivity contribution in [1.29, 1.82) is 0 Å². The summed E-state index contributed by atoms with van der Waals surface area (Å²) in [6.45, 7) is 0.276. The zero-order valence-electron chi connectivity index (χ0n) is 21.4. The summed E-state index contributed by atoms with van der Waals surface area (Å²) in [6.07, 6.45) is 5.74. The van der Waals surface area contributed by atoms with Crippen LogP contribution in [0.5, 0.6) is 17.2 Å². The smallest absolute Gasteiger partial charge is 0.252 e. The van der Waals surface area contributed by atoms with Crippen LogP contribution in [0.25, 0.3) is 21.7 Å². The lowest BCUT2D eigenvalue weighted by Crippen LogP contribution is -2.20. The van der Waals surface area contributed by atoms with Gasteiger partial charge < -0.3 is 19.9 Å². The first kappa shape index (κ1) is 25.8. The molecule has 1 saturated heterocycles. The van der Waals surface area contributed by atoms with E-state index in [0.717, 1.165) is 30.0 Å². The molecule has 0 spiro atoms. The number of carbonyl (C=O) groups excluding carboxylic acids is 2. The highest BCUT2D eigenvalue weighted by molar-refractivity contribution is 6.31. The normalized spacial score (nSPS) is 15.3. The maximum absolute atomic E-state index is 13.5. The average molecular weight is 557 g/mol. The maximum atomic E-state index is 13.5. The number of hydrogen-bond donors (Lipinski definition) is 1. The van der Waals surface area contributed by atoms with Crippen LogP contribution in [0.1, 0.15) is 46.3 Å². The molecule has 1 unspecified atom stereocenters. The number of benzene rings is 3. The highest BCUT2D eigenvalue weighted by atomic mass is 35.5. The Labute approximate surface area is 234 Å². The lowest BCUT2D eigenvalue weighted by molar-refractivity contribution is -0.0368. The van der Waals surface area contributed by atoms with Crippen LogP contribution in [-0.2, 0) is 4.74 Å². The lowest BCUT2D eigenvalue weighted by atomic mass is 10.1. The fraction of sp³-hybridized carbons (Fsp3) is 0.200. The van der Waals surface area contributed by atoms with E-state index in [9.17, 15) is 9.59 Å². The van der Waals surface area contributed by atoms with E-state index in [2.05, 4.69) is 10.1 Å². The van der Waals surface area contributed by atoms with Gasteiger partial charge in [-0.15, -0.1) is 0 Å². The third kappa shape index (κ3) is 5.21. The van der Waals surface area contributed by atoms with Crippen LogP contribution in [0.2, 0.25) is 5.02 Å². The Bertz CT molecular complexity index is 1730. The van der Waals surface area contributed by atoms with Crippen LogP contribution in [0.3, 0.4) is 0 Å². The van der Waals surface area contributed by atoms with Gasteiger partial charge in [0.15, 0.2) is 12.8 Å². The zero-order valence-corrected chi connectivity index (χ0v) is 22.1. The Hall–Kier alpha value is -4.47. The number of aromatic nitrogens is 3. The minimum atomic E-state index is -0.672. The van der Waals surface area contributed by atoms with E-state index in [-0.39, 0.29) is 35.6 Å². The number of rotatable bonds is 8. The molecule has 202 valence electrons. The fourth-order valence-electron chi connectivity index (χ4n) is 4.84. The molecule has 40 heavy (non-hydrogen) atoms. The van der Waals surface area contributed by atoms with Crippen molar-refractivity contribution in [1.82, 2.24) is 14.8 Å². The van der Waals surface area contributed by atoms with Crippen molar-refractivity contribution in [2.45, 2.75) is 25.5 Å². The molecule has 1 amide bonds. The molecule has 0 aliphatic carbocycles. The second kappa shape index (κ2) is 11.0. The van der Waals surface area contributed by atoms with Crippen molar-refractivity contribution in [3.63, 3.8) is 0 Å². The molecule has 1 aliphatic heterocycles. The molecule has 0 radical (unpaired) electrons. The van der Waals surface area contributed by atoms with E-state index in [0.29, 0.717) is 34.0 Å². The monoisotopic (exact) mass is 556 g/mol. The molecule has 1 aliphatic rings. The maximum Gasteiger partial charge on any atom is 0.252 e. The number of fused-ring (bicyclic) bond motifs is 2. The summed E-state index contributed by atoms with van der Waals surface area (Å²) in [5.74, 6) is 0.355. The van der Waals surface area contributed by atoms with Gasteiger partial charge in [-0.1, -0.05) is 17.7 Å². The van der Waals surface area contributed by atoms with E-state index in [4.69, 9.17) is 31.5 Å². The molecule has 9 nitrogen and oxygen atoms in total. The van der Waals surface area contributed by atoms with Crippen molar-refractivity contribution in [3.8, 4) is 17.2 Å². The van der Waals surface area contributed by atoms with Gasteiger partial charge in [0.05, 0.1) is 17.3 Å². The Morgan fingerprint density at radius 2 is 1.95 bits per heavy atom. The van der Waals surface area contributed by atoms with Crippen LogP contribution in [0.4, 0.5) is 0 Å². The van der Waals surface area contributed by atoms with Gasteiger partial charge in [0.2, 0.25) is 5.78 Å². The number of hydrogen-bond acceptors (Lipinski definition) is 7. The highest BCUT2D eigenvalue weighted by Gasteiger charge is 2.25. The van der Waals surface area contributed by atoms with Gasteiger partial charge in [-0.2, -0.15) is 5.10 Å². The molecule has 5 aromatic rings. The first-order valence-corrected chi connectivity index (χ1v) is 13.2. The Balaban J connectivity index is 1.32. The van der Waals surface area contributed by atoms with Gasteiger partial charge in [-0.3, -0.25) is 14.6 Å². The number of primary amides is 1. The summed E-state index contributed by atoms with van der Waals surface area (Å²) in [5, 5.41) is 7.39. The van der Waals surface area contributed by atoms with Gasteiger partial charge in [-0.25, -0.2) is 4.68 Å². The van der Waals surface area contributed by atoms with Crippen LogP contribution in [-0.4, -0.2) is 39.7 Å². The zero-order chi connectivity index (χ0) is 27.6. The highest BCUT2D eigenvalue weighted by Crippen LogP contribution is 2.33. The fourth-order valence-corrected chi connectivity index (χ4v) is 5.02. The van der Waals surface area contributed by atoms with E-state index in [1.165, 1.54) is 0 Å². The standard InChI is InChI=1S/C30H25ClN4O5/c31-20-7-6-18-14-27(24(30(32)37)13-19(18)12-20)39-17-26(36)29-23-9-8-21(40-22-4-3-10-33-16-22)15-25(23)35(34-29)28-5-1-2-11-38-28/h3-4,6-10,12-16,28H,1-2,5,11,17H2,(H2,32,37). The summed E-state index contributed by atoms with van der Waals surface area (Å²) in [6, 6.07) is 17.6.